The van der Waals surface area contributed by atoms with Crippen LogP contribution < -0.4 is 5.73 Å². The number of nitrogens with zero attached hydrogens (tertiary/aromatic N) is 3. The number of halogens is 2. The number of imidazole rings is 1. The molecular weight excluding hydrogens is 383 g/mol. The van der Waals surface area contributed by atoms with Crippen LogP contribution in [0, 0.1) is 5.82 Å². The molecule has 0 saturated carbocycles. The molecule has 2 aromatic carbocycles. The number of rotatable bonds is 3. The molecule has 25 heavy (non-hydrogen) atoms. The monoisotopic (exact) mass is 402 g/mol. The molecule has 0 radical (unpaired) electrons. The Bertz CT molecular complexity index is 885. The molecule has 0 amide bonds. The Hall–Kier alpha value is -1.92. The van der Waals surface area contributed by atoms with Gasteiger partial charge in [-0.3, -0.25) is 4.90 Å². The molecule has 1 saturated heterocycles. The highest BCUT2D eigenvalue weighted by molar-refractivity contribution is 9.10. The molecule has 0 unspecified atom stereocenters. The van der Waals surface area contributed by atoms with Crippen molar-refractivity contribution in [3.8, 4) is 0 Å². The van der Waals surface area contributed by atoms with E-state index in [2.05, 4.69) is 50.1 Å². The Kier molecular flexibility index (Phi) is 4.48. The van der Waals surface area contributed by atoms with E-state index in [1.807, 2.05) is 10.6 Å². The Morgan fingerprint density at radius 1 is 1.16 bits per heavy atom. The van der Waals surface area contributed by atoms with E-state index in [1.54, 1.807) is 6.07 Å². The lowest BCUT2D eigenvalue weighted by Crippen LogP contribution is -2.34. The normalized spacial score (nSPS) is 16.6. The summed E-state index contributed by atoms with van der Waals surface area (Å²) in [7, 11) is 0. The molecule has 4 rings (SSSR count). The van der Waals surface area contributed by atoms with Gasteiger partial charge in [0.2, 0.25) is 5.95 Å². The molecule has 3 aromatic rings. The van der Waals surface area contributed by atoms with Crippen molar-refractivity contribution < 1.29 is 4.39 Å². The average molecular weight is 403 g/mol. The summed E-state index contributed by atoms with van der Waals surface area (Å²) >= 11 is 3.21. The smallest absolute Gasteiger partial charge is 0.201 e. The van der Waals surface area contributed by atoms with Gasteiger partial charge in [0, 0.05) is 31.7 Å². The minimum absolute atomic E-state index is 0.262. The number of aromatic nitrogens is 2. The van der Waals surface area contributed by atoms with E-state index in [0.717, 1.165) is 43.5 Å². The number of piperidine rings is 1. The Morgan fingerprint density at radius 2 is 1.88 bits per heavy atom. The Balaban J connectivity index is 1.52. The molecule has 130 valence electrons. The van der Waals surface area contributed by atoms with E-state index in [-0.39, 0.29) is 11.9 Å². The number of nitrogen functional groups attached to an aromatic ring is 1. The van der Waals surface area contributed by atoms with Gasteiger partial charge in [-0.1, -0.05) is 30.3 Å². The van der Waals surface area contributed by atoms with Gasteiger partial charge in [-0.15, -0.1) is 0 Å². The first-order chi connectivity index (χ1) is 12.1. The van der Waals surface area contributed by atoms with Gasteiger partial charge in [0.05, 0.1) is 15.5 Å². The number of benzene rings is 2. The second-order valence-electron chi connectivity index (χ2n) is 6.59. The zero-order valence-corrected chi connectivity index (χ0v) is 15.4. The fraction of sp³-hybridized carbons (Fsp3) is 0.316. The fourth-order valence-corrected chi connectivity index (χ4v) is 4.00. The van der Waals surface area contributed by atoms with Crippen molar-refractivity contribution in [2.24, 2.45) is 0 Å². The second kappa shape index (κ2) is 6.77. The number of anilines is 1. The number of hydrogen-bond acceptors (Lipinski definition) is 3. The molecule has 0 spiro atoms. The molecule has 0 aliphatic carbocycles. The van der Waals surface area contributed by atoms with Crippen LogP contribution in [0.3, 0.4) is 0 Å². The second-order valence-corrected chi connectivity index (χ2v) is 7.44. The summed E-state index contributed by atoms with van der Waals surface area (Å²) < 4.78 is 16.4. The lowest BCUT2D eigenvalue weighted by molar-refractivity contribution is 0.182. The van der Waals surface area contributed by atoms with Crippen molar-refractivity contribution in [1.29, 1.82) is 0 Å². The fourth-order valence-electron chi connectivity index (χ4n) is 3.67. The zero-order valence-electron chi connectivity index (χ0n) is 13.8. The summed E-state index contributed by atoms with van der Waals surface area (Å²) in [6, 6.07) is 14.0. The van der Waals surface area contributed by atoms with E-state index < -0.39 is 0 Å². The first kappa shape index (κ1) is 16.5. The van der Waals surface area contributed by atoms with Crippen LogP contribution in [0.1, 0.15) is 24.4 Å². The van der Waals surface area contributed by atoms with Crippen molar-refractivity contribution in [3.05, 3.63) is 58.3 Å². The molecule has 1 aromatic heterocycles. The van der Waals surface area contributed by atoms with E-state index >= 15 is 0 Å². The van der Waals surface area contributed by atoms with E-state index in [9.17, 15) is 4.39 Å². The highest BCUT2D eigenvalue weighted by Crippen LogP contribution is 2.32. The number of hydrogen-bond donors (Lipinski definition) is 1. The van der Waals surface area contributed by atoms with Gasteiger partial charge in [-0.2, -0.15) is 0 Å². The third-order valence-electron chi connectivity index (χ3n) is 4.93. The molecule has 4 nitrogen and oxygen atoms in total. The first-order valence-electron chi connectivity index (χ1n) is 8.50. The van der Waals surface area contributed by atoms with Crippen LogP contribution in [0.2, 0.25) is 0 Å². The van der Waals surface area contributed by atoms with Crippen LogP contribution in [0.4, 0.5) is 10.3 Å². The third kappa shape index (κ3) is 3.28. The van der Waals surface area contributed by atoms with Crippen LogP contribution in [-0.4, -0.2) is 27.5 Å². The van der Waals surface area contributed by atoms with Crippen LogP contribution in [0.25, 0.3) is 11.0 Å². The van der Waals surface area contributed by atoms with E-state index in [4.69, 9.17) is 5.73 Å². The van der Waals surface area contributed by atoms with Gasteiger partial charge in [-0.25, -0.2) is 9.37 Å². The predicted molar refractivity (Wildman–Crippen MR) is 102 cm³/mol. The average Bonchev–Trinajstić information content (AvgIpc) is 2.92. The SMILES string of the molecule is Nc1nc2cc(Br)c(F)cc2n1C1CCN(Cc2ccccc2)CC1. The maximum Gasteiger partial charge on any atom is 0.201 e. The molecule has 2 N–H and O–H groups in total. The summed E-state index contributed by atoms with van der Waals surface area (Å²) in [6.45, 7) is 2.96. The molecular formula is C19H20BrFN4. The third-order valence-corrected chi connectivity index (χ3v) is 5.54. The van der Waals surface area contributed by atoms with Gasteiger partial charge in [0.15, 0.2) is 0 Å². The molecule has 0 atom stereocenters. The summed E-state index contributed by atoms with van der Waals surface area (Å²) in [5, 5.41) is 0. The van der Waals surface area contributed by atoms with Gasteiger partial charge < -0.3 is 10.3 Å². The first-order valence-corrected chi connectivity index (χ1v) is 9.30. The van der Waals surface area contributed by atoms with Crippen molar-refractivity contribution in [2.45, 2.75) is 25.4 Å². The maximum atomic E-state index is 14.0. The van der Waals surface area contributed by atoms with Crippen molar-refractivity contribution >= 4 is 32.9 Å². The predicted octanol–water partition coefficient (Wildman–Crippen LogP) is 4.36. The highest BCUT2D eigenvalue weighted by Gasteiger charge is 2.24. The Labute approximate surface area is 154 Å². The Morgan fingerprint density at radius 3 is 2.60 bits per heavy atom. The quantitative estimate of drug-likeness (QED) is 0.707. The lowest BCUT2D eigenvalue weighted by Gasteiger charge is -2.33. The van der Waals surface area contributed by atoms with Gasteiger partial charge >= 0.3 is 0 Å². The zero-order chi connectivity index (χ0) is 17.4. The minimum atomic E-state index is -0.282. The summed E-state index contributed by atoms with van der Waals surface area (Å²) in [6.07, 6.45) is 1.97. The molecule has 1 fully saturated rings. The lowest BCUT2D eigenvalue weighted by atomic mass is 10.0. The summed E-state index contributed by atoms with van der Waals surface area (Å²) in [5.41, 5.74) is 8.99. The molecule has 0 bridgehead atoms. The molecule has 2 heterocycles. The largest absolute Gasteiger partial charge is 0.369 e. The molecule has 6 heteroatoms. The van der Waals surface area contributed by atoms with Crippen LogP contribution in [-0.2, 0) is 6.54 Å². The van der Waals surface area contributed by atoms with Crippen molar-refractivity contribution in [1.82, 2.24) is 14.5 Å². The highest BCUT2D eigenvalue weighted by atomic mass is 79.9. The topological polar surface area (TPSA) is 47.1 Å². The summed E-state index contributed by atoms with van der Waals surface area (Å²) in [5.74, 6) is 0.184. The van der Waals surface area contributed by atoms with Crippen LogP contribution in [0.15, 0.2) is 46.9 Å². The minimum Gasteiger partial charge on any atom is -0.369 e. The van der Waals surface area contributed by atoms with Gasteiger partial charge in [0.25, 0.3) is 0 Å². The molecule has 1 aliphatic rings. The van der Waals surface area contributed by atoms with Gasteiger partial charge in [0.1, 0.15) is 5.82 Å². The van der Waals surface area contributed by atoms with E-state index in [0.29, 0.717) is 10.4 Å². The van der Waals surface area contributed by atoms with Crippen LogP contribution >= 0.6 is 15.9 Å². The number of likely N-dealkylation sites (tertiary alicyclic amines) is 1. The number of nitrogens with two attached hydrogens (primary N) is 1. The number of fused-ring (bicyclic) bond motifs is 1. The van der Waals surface area contributed by atoms with Crippen molar-refractivity contribution in [2.75, 3.05) is 18.8 Å². The standard InChI is InChI=1S/C19H20BrFN4/c20-15-10-17-18(11-16(15)21)25(19(22)23-17)14-6-8-24(9-7-14)12-13-4-2-1-3-5-13/h1-5,10-11,14H,6-9,12H2,(H2,22,23). The molecule has 1 aliphatic heterocycles. The maximum absolute atomic E-state index is 14.0. The van der Waals surface area contributed by atoms with Crippen LogP contribution in [0.5, 0.6) is 0 Å². The summed E-state index contributed by atoms with van der Waals surface area (Å²) in [4.78, 5) is 6.86. The van der Waals surface area contributed by atoms with Crippen molar-refractivity contribution in [3.63, 3.8) is 0 Å². The van der Waals surface area contributed by atoms with E-state index in [1.165, 1.54) is 11.6 Å². The van der Waals surface area contributed by atoms with Gasteiger partial charge in [-0.05, 0) is 40.4 Å².